The molecule has 5 nitrogen and oxygen atoms in total. The molecule has 0 saturated carbocycles. The summed E-state index contributed by atoms with van der Waals surface area (Å²) in [5.41, 5.74) is 5.51. The minimum Gasteiger partial charge on any atom is -0.382 e. The van der Waals surface area contributed by atoms with Gasteiger partial charge in [-0.25, -0.2) is 13.4 Å². The number of hydrogen-bond donors (Lipinski definition) is 1. The molecule has 6 heteroatoms. The van der Waals surface area contributed by atoms with Crippen LogP contribution in [0.4, 0.5) is 5.82 Å². The largest absolute Gasteiger partial charge is 0.382 e. The van der Waals surface area contributed by atoms with Gasteiger partial charge in [0.15, 0.2) is 9.84 Å². The van der Waals surface area contributed by atoms with Crippen molar-refractivity contribution in [3.8, 4) is 0 Å². The third-order valence-electron chi connectivity index (χ3n) is 1.78. The number of nitrogens with two attached hydrogens (primary N) is 1. The molecule has 0 saturated heterocycles. The fraction of sp³-hybridized carbons (Fsp3) is 0.625. The van der Waals surface area contributed by atoms with Gasteiger partial charge < -0.3 is 10.3 Å². The zero-order chi connectivity index (χ0) is 10.9. The maximum absolute atomic E-state index is 11.1. The van der Waals surface area contributed by atoms with E-state index in [2.05, 4.69) is 4.98 Å². The van der Waals surface area contributed by atoms with Crippen LogP contribution in [0.2, 0.25) is 0 Å². The second-order valence-corrected chi connectivity index (χ2v) is 5.79. The fourth-order valence-electron chi connectivity index (χ4n) is 1.24. The van der Waals surface area contributed by atoms with Crippen molar-refractivity contribution in [2.75, 3.05) is 12.0 Å². The molecular formula is C8H15N3O2S. The molecule has 0 spiro atoms. The molecule has 0 aliphatic heterocycles. The highest BCUT2D eigenvalue weighted by molar-refractivity contribution is 7.89. The smallest absolute Gasteiger partial charge is 0.154 e. The molecular weight excluding hydrogens is 202 g/mol. The summed E-state index contributed by atoms with van der Waals surface area (Å²) in [6.45, 7) is 3.90. The van der Waals surface area contributed by atoms with Crippen molar-refractivity contribution in [2.45, 2.75) is 25.6 Å². The first-order valence-corrected chi connectivity index (χ1v) is 6.36. The number of sulfone groups is 1. The first kappa shape index (κ1) is 11.0. The molecule has 0 aliphatic rings. The zero-order valence-electron chi connectivity index (χ0n) is 8.56. The zero-order valence-corrected chi connectivity index (χ0v) is 9.37. The number of hydrogen-bond acceptors (Lipinski definition) is 4. The average molecular weight is 217 g/mol. The van der Waals surface area contributed by atoms with Gasteiger partial charge in [0.05, 0.1) is 0 Å². The first-order valence-electron chi connectivity index (χ1n) is 4.30. The van der Waals surface area contributed by atoms with Crippen LogP contribution >= 0.6 is 0 Å². The van der Waals surface area contributed by atoms with Gasteiger partial charge in [-0.05, 0) is 13.8 Å². The van der Waals surface area contributed by atoms with E-state index >= 15 is 0 Å². The van der Waals surface area contributed by atoms with Crippen molar-refractivity contribution in [3.05, 3.63) is 12.0 Å². The van der Waals surface area contributed by atoms with Gasteiger partial charge in [-0.3, -0.25) is 0 Å². The highest BCUT2D eigenvalue weighted by Gasteiger charge is 2.13. The number of aromatic nitrogens is 2. The number of imidazole rings is 1. The van der Waals surface area contributed by atoms with Crippen molar-refractivity contribution >= 4 is 15.7 Å². The molecule has 14 heavy (non-hydrogen) atoms. The van der Waals surface area contributed by atoms with Crippen molar-refractivity contribution in [1.82, 2.24) is 9.55 Å². The van der Waals surface area contributed by atoms with Crippen LogP contribution in [0.3, 0.4) is 0 Å². The molecule has 2 N–H and O–H groups in total. The van der Waals surface area contributed by atoms with E-state index < -0.39 is 9.84 Å². The Labute approximate surface area is 83.9 Å². The molecule has 1 aromatic heterocycles. The van der Waals surface area contributed by atoms with Crippen LogP contribution < -0.4 is 5.73 Å². The number of anilines is 1. The standard InChI is InChI=1S/C8H15N3O2S/c1-6(2)11-4-7(9)10-8(11)5-14(3,12)13/h4,6H,5,9H2,1-3H3. The lowest BCUT2D eigenvalue weighted by atomic mass is 10.4. The van der Waals surface area contributed by atoms with E-state index in [1.807, 2.05) is 13.8 Å². The molecule has 1 aromatic rings. The van der Waals surface area contributed by atoms with Gasteiger partial charge in [0.1, 0.15) is 17.4 Å². The van der Waals surface area contributed by atoms with E-state index in [1.165, 1.54) is 6.26 Å². The predicted octanol–water partition coefficient (Wildman–Crippen LogP) is 0.591. The summed E-state index contributed by atoms with van der Waals surface area (Å²) in [6, 6.07) is 0.163. The summed E-state index contributed by atoms with van der Waals surface area (Å²) in [5.74, 6) is 0.792. The maximum atomic E-state index is 11.1. The molecule has 0 fully saturated rings. The van der Waals surface area contributed by atoms with E-state index in [1.54, 1.807) is 10.8 Å². The van der Waals surface area contributed by atoms with Crippen molar-refractivity contribution in [2.24, 2.45) is 0 Å². The summed E-state index contributed by atoms with van der Waals surface area (Å²) < 4.78 is 24.0. The Hall–Kier alpha value is -1.04. The molecule has 0 unspecified atom stereocenters. The Kier molecular flexibility index (Phi) is 2.84. The van der Waals surface area contributed by atoms with Crippen LogP contribution in [-0.2, 0) is 15.6 Å². The molecule has 0 amide bonds. The molecule has 1 heterocycles. The Balaban J connectivity index is 3.08. The average Bonchev–Trinajstić information content (AvgIpc) is 2.27. The molecule has 80 valence electrons. The van der Waals surface area contributed by atoms with Gasteiger partial charge in [0.25, 0.3) is 0 Å². The molecule has 0 atom stereocenters. The van der Waals surface area contributed by atoms with E-state index in [0.29, 0.717) is 11.6 Å². The molecule has 0 bridgehead atoms. The SMILES string of the molecule is CC(C)n1cc(N)nc1CS(C)(=O)=O. The van der Waals surface area contributed by atoms with Gasteiger partial charge in [-0.15, -0.1) is 0 Å². The lowest BCUT2D eigenvalue weighted by molar-refractivity contribution is 0.568. The highest BCUT2D eigenvalue weighted by Crippen LogP contribution is 2.14. The van der Waals surface area contributed by atoms with Crippen LogP contribution in [-0.4, -0.2) is 24.2 Å². The summed E-state index contributed by atoms with van der Waals surface area (Å²) in [6.07, 6.45) is 2.84. The van der Waals surface area contributed by atoms with E-state index in [4.69, 9.17) is 5.73 Å². The maximum Gasteiger partial charge on any atom is 0.154 e. The number of rotatable bonds is 3. The second-order valence-electron chi connectivity index (χ2n) is 3.65. The fourth-order valence-corrected chi connectivity index (χ4v) is 1.92. The lowest BCUT2D eigenvalue weighted by Crippen LogP contribution is -2.10. The van der Waals surface area contributed by atoms with Gasteiger partial charge in [-0.1, -0.05) is 0 Å². The van der Waals surface area contributed by atoms with Gasteiger partial charge in [0, 0.05) is 18.5 Å². The van der Waals surface area contributed by atoms with Gasteiger partial charge >= 0.3 is 0 Å². The first-order chi connectivity index (χ1) is 6.29. The Morgan fingerprint density at radius 2 is 2.14 bits per heavy atom. The lowest BCUT2D eigenvalue weighted by Gasteiger charge is -2.09. The third-order valence-corrected chi connectivity index (χ3v) is 2.56. The molecule has 0 aliphatic carbocycles. The Bertz CT molecular complexity index is 420. The second kappa shape index (κ2) is 3.61. The summed E-state index contributed by atoms with van der Waals surface area (Å²) in [7, 11) is -3.06. The summed E-state index contributed by atoms with van der Waals surface area (Å²) in [5, 5.41) is 0. The topological polar surface area (TPSA) is 78.0 Å². The third kappa shape index (κ3) is 2.73. The van der Waals surface area contributed by atoms with Crippen LogP contribution in [0, 0.1) is 0 Å². The van der Waals surface area contributed by atoms with Crippen molar-refractivity contribution in [3.63, 3.8) is 0 Å². The van der Waals surface area contributed by atoms with Crippen LogP contribution in [0.5, 0.6) is 0 Å². The quantitative estimate of drug-likeness (QED) is 0.803. The highest BCUT2D eigenvalue weighted by atomic mass is 32.2. The Morgan fingerprint density at radius 1 is 1.57 bits per heavy atom. The van der Waals surface area contributed by atoms with Gasteiger partial charge in [-0.2, -0.15) is 0 Å². The number of nitrogens with zero attached hydrogens (tertiary/aromatic N) is 2. The summed E-state index contributed by atoms with van der Waals surface area (Å²) in [4.78, 5) is 3.98. The number of nitrogen functional groups attached to an aromatic ring is 1. The van der Waals surface area contributed by atoms with Gasteiger partial charge in [0.2, 0.25) is 0 Å². The minimum atomic E-state index is -3.06. The normalized spacial score (nSPS) is 12.3. The van der Waals surface area contributed by atoms with Crippen molar-refractivity contribution < 1.29 is 8.42 Å². The van der Waals surface area contributed by atoms with E-state index in [9.17, 15) is 8.42 Å². The van der Waals surface area contributed by atoms with Crippen LogP contribution in [0.1, 0.15) is 25.7 Å². The minimum absolute atomic E-state index is 0.0671. The van der Waals surface area contributed by atoms with E-state index in [-0.39, 0.29) is 11.8 Å². The van der Waals surface area contributed by atoms with Crippen molar-refractivity contribution in [1.29, 1.82) is 0 Å². The van der Waals surface area contributed by atoms with Crippen LogP contribution in [0.25, 0.3) is 0 Å². The molecule has 0 aromatic carbocycles. The Morgan fingerprint density at radius 3 is 2.57 bits per heavy atom. The predicted molar refractivity (Wildman–Crippen MR) is 55.6 cm³/mol. The molecule has 1 rings (SSSR count). The molecule has 0 radical (unpaired) electrons. The van der Waals surface area contributed by atoms with Crippen LogP contribution in [0.15, 0.2) is 6.20 Å². The monoisotopic (exact) mass is 217 g/mol. The summed E-state index contributed by atoms with van der Waals surface area (Å²) >= 11 is 0. The van der Waals surface area contributed by atoms with E-state index in [0.717, 1.165) is 0 Å².